The summed E-state index contributed by atoms with van der Waals surface area (Å²) in [6.45, 7) is 0. The van der Waals surface area contributed by atoms with Crippen LogP contribution in [0.15, 0.2) is 35.7 Å². The van der Waals surface area contributed by atoms with Gasteiger partial charge in [0.05, 0.1) is 11.3 Å². The van der Waals surface area contributed by atoms with Crippen LogP contribution in [-0.4, -0.2) is 23.5 Å². The van der Waals surface area contributed by atoms with Crippen LogP contribution in [0, 0.1) is 11.3 Å². The highest BCUT2D eigenvalue weighted by Crippen LogP contribution is 2.16. The molecule has 1 aromatic carbocycles. The Bertz CT molecular complexity index is 574. The van der Waals surface area contributed by atoms with Crippen LogP contribution in [0.2, 0.25) is 0 Å². The standard InChI is InChI=1S/C9H6N4O2S/c10-4-7-3-8(16(14)15)1-2-9(7)13-6-11-5-12-13/h1-3,5-6H,(H,14,15)/p-1. The molecule has 2 aromatic rings. The van der Waals surface area contributed by atoms with Gasteiger partial charge in [-0.05, 0) is 29.3 Å². The van der Waals surface area contributed by atoms with Gasteiger partial charge in [-0.15, -0.1) is 0 Å². The summed E-state index contributed by atoms with van der Waals surface area (Å²) in [7, 11) is 0. The summed E-state index contributed by atoms with van der Waals surface area (Å²) in [6.07, 6.45) is 2.77. The van der Waals surface area contributed by atoms with E-state index < -0.39 is 11.1 Å². The molecule has 6 nitrogen and oxygen atoms in total. The summed E-state index contributed by atoms with van der Waals surface area (Å²) in [5.74, 6) is 0. The maximum atomic E-state index is 10.7. The molecule has 2 rings (SSSR count). The Morgan fingerprint density at radius 3 is 2.88 bits per heavy atom. The van der Waals surface area contributed by atoms with Gasteiger partial charge in [-0.25, -0.2) is 9.67 Å². The van der Waals surface area contributed by atoms with Crippen molar-refractivity contribution in [3.63, 3.8) is 0 Å². The van der Waals surface area contributed by atoms with Crippen LogP contribution in [0.3, 0.4) is 0 Å². The SMILES string of the molecule is N#Cc1cc(S(=O)[O-])ccc1-n1cncn1. The number of rotatable bonds is 2. The average Bonchev–Trinajstić information content (AvgIpc) is 2.81. The quantitative estimate of drug-likeness (QED) is 0.698. The predicted octanol–water partition coefficient (Wildman–Crippen LogP) is 0.377. The van der Waals surface area contributed by atoms with Gasteiger partial charge in [0.2, 0.25) is 0 Å². The smallest absolute Gasteiger partial charge is 0.138 e. The topological polar surface area (TPSA) is 94.6 Å². The zero-order valence-electron chi connectivity index (χ0n) is 7.90. The normalized spacial score (nSPS) is 12.0. The average molecular weight is 233 g/mol. The fraction of sp³-hybridized carbons (Fsp3) is 0. The summed E-state index contributed by atoms with van der Waals surface area (Å²) in [6, 6.07) is 6.12. The minimum Gasteiger partial charge on any atom is -0.768 e. The molecule has 0 fully saturated rings. The van der Waals surface area contributed by atoms with Crippen LogP contribution in [0.5, 0.6) is 0 Å². The van der Waals surface area contributed by atoms with E-state index in [4.69, 9.17) is 5.26 Å². The zero-order valence-corrected chi connectivity index (χ0v) is 8.72. The van der Waals surface area contributed by atoms with Crippen LogP contribution >= 0.6 is 0 Å². The van der Waals surface area contributed by atoms with Crippen molar-refractivity contribution in [2.75, 3.05) is 0 Å². The predicted molar refractivity (Wildman–Crippen MR) is 53.3 cm³/mol. The molecule has 0 aliphatic rings. The molecule has 80 valence electrons. The molecule has 1 atom stereocenters. The van der Waals surface area contributed by atoms with Gasteiger partial charge >= 0.3 is 0 Å². The summed E-state index contributed by atoms with van der Waals surface area (Å²) in [5, 5.41) is 12.8. The maximum absolute atomic E-state index is 10.7. The molecule has 0 amide bonds. The number of hydrogen-bond acceptors (Lipinski definition) is 5. The molecule has 0 aliphatic heterocycles. The largest absolute Gasteiger partial charge is 0.768 e. The second-order valence-corrected chi connectivity index (χ2v) is 3.81. The second-order valence-electron chi connectivity index (χ2n) is 2.87. The molecule has 0 saturated carbocycles. The molecule has 0 bridgehead atoms. The van der Waals surface area contributed by atoms with Crippen molar-refractivity contribution in [1.29, 1.82) is 5.26 Å². The second kappa shape index (κ2) is 4.22. The van der Waals surface area contributed by atoms with Crippen molar-refractivity contribution in [3.05, 3.63) is 36.4 Å². The molecule has 1 unspecified atom stereocenters. The third kappa shape index (κ3) is 1.84. The van der Waals surface area contributed by atoms with Crippen molar-refractivity contribution in [2.45, 2.75) is 4.90 Å². The van der Waals surface area contributed by atoms with Crippen molar-refractivity contribution in [1.82, 2.24) is 14.8 Å². The first-order chi connectivity index (χ1) is 7.72. The highest BCUT2D eigenvalue weighted by Gasteiger charge is 2.06. The van der Waals surface area contributed by atoms with Crippen molar-refractivity contribution < 1.29 is 8.76 Å². The highest BCUT2D eigenvalue weighted by atomic mass is 32.2. The van der Waals surface area contributed by atoms with Crippen molar-refractivity contribution in [2.24, 2.45) is 0 Å². The minimum atomic E-state index is -2.34. The van der Waals surface area contributed by atoms with E-state index in [2.05, 4.69) is 10.1 Å². The first-order valence-electron chi connectivity index (χ1n) is 4.21. The van der Waals surface area contributed by atoms with Crippen LogP contribution in [0.25, 0.3) is 5.69 Å². The van der Waals surface area contributed by atoms with Gasteiger partial charge in [0.1, 0.15) is 18.7 Å². The Morgan fingerprint density at radius 2 is 2.31 bits per heavy atom. The molecule has 0 aliphatic carbocycles. The lowest BCUT2D eigenvalue weighted by molar-refractivity contribution is 0.537. The van der Waals surface area contributed by atoms with Gasteiger partial charge in [-0.2, -0.15) is 10.4 Å². The molecule has 0 spiro atoms. The van der Waals surface area contributed by atoms with Gasteiger partial charge in [0.15, 0.2) is 0 Å². The third-order valence-electron chi connectivity index (χ3n) is 1.95. The number of nitrogens with zero attached hydrogens (tertiary/aromatic N) is 4. The monoisotopic (exact) mass is 233 g/mol. The summed E-state index contributed by atoms with van der Waals surface area (Å²) < 4.78 is 22.8. The third-order valence-corrected chi connectivity index (χ3v) is 2.59. The molecule has 1 heterocycles. The molecule has 7 heteroatoms. The van der Waals surface area contributed by atoms with Crippen LogP contribution in [-0.2, 0) is 11.1 Å². The Balaban J connectivity index is 2.57. The summed E-state index contributed by atoms with van der Waals surface area (Å²) in [4.78, 5) is 3.82. The van der Waals surface area contributed by atoms with Gasteiger partial charge < -0.3 is 4.55 Å². The number of hydrogen-bond donors (Lipinski definition) is 0. The Labute approximate surface area is 93.5 Å². The lowest BCUT2D eigenvalue weighted by Gasteiger charge is -2.08. The van der Waals surface area contributed by atoms with E-state index in [1.807, 2.05) is 6.07 Å². The van der Waals surface area contributed by atoms with E-state index in [0.29, 0.717) is 5.69 Å². The van der Waals surface area contributed by atoms with E-state index in [1.54, 1.807) is 0 Å². The molecule has 0 radical (unpaired) electrons. The molecule has 0 N–H and O–H groups in total. The Morgan fingerprint density at radius 1 is 1.50 bits per heavy atom. The van der Waals surface area contributed by atoms with E-state index in [0.717, 1.165) is 0 Å². The van der Waals surface area contributed by atoms with Gasteiger partial charge in [0.25, 0.3) is 0 Å². The van der Waals surface area contributed by atoms with E-state index in [1.165, 1.54) is 35.5 Å². The Kier molecular flexibility index (Phi) is 2.76. The van der Waals surface area contributed by atoms with Gasteiger partial charge in [-0.1, -0.05) is 0 Å². The van der Waals surface area contributed by atoms with Gasteiger partial charge in [0, 0.05) is 4.90 Å². The fourth-order valence-corrected chi connectivity index (χ4v) is 1.63. The lowest BCUT2D eigenvalue weighted by Crippen LogP contribution is -1.99. The Hall–Kier alpha value is -2.04. The molecule has 0 saturated heterocycles. The van der Waals surface area contributed by atoms with Crippen LogP contribution in [0.1, 0.15) is 5.56 Å². The van der Waals surface area contributed by atoms with Crippen LogP contribution < -0.4 is 0 Å². The lowest BCUT2D eigenvalue weighted by atomic mass is 10.2. The number of aromatic nitrogens is 3. The summed E-state index contributed by atoms with van der Waals surface area (Å²) in [5.41, 5.74) is 0.724. The maximum Gasteiger partial charge on any atom is 0.138 e. The van der Waals surface area contributed by atoms with E-state index in [9.17, 15) is 8.76 Å². The fourth-order valence-electron chi connectivity index (χ4n) is 1.24. The molecular formula is C9H5N4O2S-. The molecular weight excluding hydrogens is 228 g/mol. The molecule has 16 heavy (non-hydrogen) atoms. The van der Waals surface area contributed by atoms with E-state index in [-0.39, 0.29) is 10.5 Å². The first kappa shape index (κ1) is 10.5. The number of benzene rings is 1. The highest BCUT2D eigenvalue weighted by molar-refractivity contribution is 7.79. The first-order valence-corrected chi connectivity index (χ1v) is 5.28. The van der Waals surface area contributed by atoms with Crippen LogP contribution in [0.4, 0.5) is 0 Å². The van der Waals surface area contributed by atoms with Crippen molar-refractivity contribution in [3.8, 4) is 11.8 Å². The number of nitriles is 1. The summed E-state index contributed by atoms with van der Waals surface area (Å²) >= 11 is -2.34. The van der Waals surface area contributed by atoms with E-state index >= 15 is 0 Å². The molecule has 1 aromatic heterocycles. The minimum absolute atomic E-state index is 0.0698. The zero-order chi connectivity index (χ0) is 11.5. The van der Waals surface area contributed by atoms with Crippen molar-refractivity contribution >= 4 is 11.1 Å². The van der Waals surface area contributed by atoms with Gasteiger partial charge in [-0.3, -0.25) is 4.21 Å².